The number of allylic oxidation sites excluding steroid dienone is 7. The highest BCUT2D eigenvalue weighted by molar-refractivity contribution is 5.80. The van der Waals surface area contributed by atoms with Crippen molar-refractivity contribution in [2.45, 2.75) is 6.42 Å². The molecule has 0 unspecified atom stereocenters. The molecule has 1 nitrogen and oxygen atoms in total. The molecule has 0 radical (unpaired) electrons. The number of nitrogens with zero attached hydrogens (tertiary/aromatic N) is 1. The molecule has 1 heteroatoms. The molecule has 1 heterocycles. The molecule has 0 fully saturated rings. The van der Waals surface area contributed by atoms with E-state index in [0.29, 0.717) is 0 Å². The summed E-state index contributed by atoms with van der Waals surface area (Å²) >= 11 is 0. The molecule has 21 heavy (non-hydrogen) atoms. The second-order valence-corrected chi connectivity index (χ2v) is 5.32. The minimum Gasteiger partial charge on any atom is -0.248 e. The van der Waals surface area contributed by atoms with Gasteiger partial charge in [0.2, 0.25) is 0 Å². The van der Waals surface area contributed by atoms with Crippen molar-refractivity contribution in [2.75, 3.05) is 0 Å². The van der Waals surface area contributed by atoms with Gasteiger partial charge in [-0.25, -0.2) is 4.98 Å². The molecule has 4 rings (SSSR count). The Kier molecular flexibility index (Phi) is 2.89. The van der Waals surface area contributed by atoms with E-state index in [1.165, 1.54) is 16.7 Å². The van der Waals surface area contributed by atoms with E-state index in [-0.39, 0.29) is 0 Å². The zero-order valence-electron chi connectivity index (χ0n) is 11.7. The van der Waals surface area contributed by atoms with Crippen LogP contribution in [-0.2, 0) is 0 Å². The molecule has 2 aliphatic carbocycles. The van der Waals surface area contributed by atoms with Crippen molar-refractivity contribution < 1.29 is 0 Å². The Morgan fingerprint density at radius 1 is 0.810 bits per heavy atom. The molecule has 2 aromatic rings. The van der Waals surface area contributed by atoms with Crippen LogP contribution < -0.4 is 0 Å². The van der Waals surface area contributed by atoms with E-state index < -0.39 is 0 Å². The molecule has 100 valence electrons. The summed E-state index contributed by atoms with van der Waals surface area (Å²) in [6, 6.07) is 14.6. The molecule has 2 aliphatic rings. The Balaban J connectivity index is 1.87. The van der Waals surface area contributed by atoms with E-state index in [9.17, 15) is 0 Å². The van der Waals surface area contributed by atoms with Gasteiger partial charge in [-0.05, 0) is 29.7 Å². The third-order valence-corrected chi connectivity index (χ3v) is 3.91. The van der Waals surface area contributed by atoms with E-state index in [1.54, 1.807) is 0 Å². The number of pyridine rings is 1. The van der Waals surface area contributed by atoms with Gasteiger partial charge in [-0.1, -0.05) is 66.8 Å². The lowest BCUT2D eigenvalue weighted by atomic mass is 9.99. The fourth-order valence-corrected chi connectivity index (χ4v) is 2.82. The van der Waals surface area contributed by atoms with Crippen LogP contribution in [0.1, 0.15) is 17.7 Å². The van der Waals surface area contributed by atoms with E-state index in [0.717, 1.165) is 23.4 Å². The normalized spacial score (nSPS) is 15.6. The van der Waals surface area contributed by atoms with Crippen molar-refractivity contribution in [1.29, 1.82) is 0 Å². The van der Waals surface area contributed by atoms with Gasteiger partial charge in [0.25, 0.3) is 0 Å². The summed E-state index contributed by atoms with van der Waals surface area (Å²) in [5.41, 5.74) is 7.14. The number of hydrogen-bond acceptors (Lipinski definition) is 1. The van der Waals surface area contributed by atoms with Crippen LogP contribution in [0.3, 0.4) is 0 Å². The molecule has 2 bridgehead atoms. The van der Waals surface area contributed by atoms with E-state index in [4.69, 9.17) is 4.98 Å². The van der Waals surface area contributed by atoms with E-state index in [2.05, 4.69) is 60.7 Å². The molecule has 1 aromatic heterocycles. The van der Waals surface area contributed by atoms with Gasteiger partial charge >= 0.3 is 0 Å². The lowest BCUT2D eigenvalue weighted by Crippen LogP contribution is -1.93. The Hall–Kier alpha value is -2.67. The van der Waals surface area contributed by atoms with Gasteiger partial charge in [0.15, 0.2) is 0 Å². The van der Waals surface area contributed by atoms with Crippen molar-refractivity contribution in [1.82, 2.24) is 4.98 Å². The first-order chi connectivity index (χ1) is 10.4. The zero-order chi connectivity index (χ0) is 14.1. The molecule has 0 saturated carbocycles. The number of rotatable bonds is 1. The lowest BCUT2D eigenvalue weighted by molar-refractivity contribution is 1.26. The number of hydrogen-bond donors (Lipinski definition) is 0. The Morgan fingerprint density at radius 3 is 2.57 bits per heavy atom. The van der Waals surface area contributed by atoms with Crippen LogP contribution in [0.5, 0.6) is 0 Å². The summed E-state index contributed by atoms with van der Waals surface area (Å²) in [5, 5.41) is 0. The standard InChI is InChI=1S/C20H15N/c1-2-7-16(8-3-1)19-13-11-18-17-9-5-4-6-15(14-17)10-12-20(18)21-19/h1-13H,14H2. The summed E-state index contributed by atoms with van der Waals surface area (Å²) in [7, 11) is 0. The topological polar surface area (TPSA) is 12.9 Å². The average Bonchev–Trinajstić information content (AvgIpc) is 2.88. The SMILES string of the molecule is C1=CC=C2CC(=C1)C=Cc1nc(-c3ccccc3)ccc12. The fraction of sp³-hybridized carbons (Fsp3) is 0.0500. The monoisotopic (exact) mass is 269 g/mol. The quantitative estimate of drug-likeness (QED) is 0.706. The first-order valence-electron chi connectivity index (χ1n) is 7.21. The van der Waals surface area contributed by atoms with E-state index in [1.807, 2.05) is 18.2 Å². The highest BCUT2D eigenvalue weighted by Crippen LogP contribution is 2.32. The molecule has 0 N–H and O–H groups in total. The van der Waals surface area contributed by atoms with Crippen LogP contribution in [0.4, 0.5) is 0 Å². The first kappa shape index (κ1) is 12.1. The van der Waals surface area contributed by atoms with Crippen molar-refractivity contribution >= 4 is 11.6 Å². The third kappa shape index (κ3) is 2.27. The van der Waals surface area contributed by atoms with Gasteiger partial charge in [0.05, 0.1) is 11.4 Å². The molecule has 0 spiro atoms. The highest BCUT2D eigenvalue weighted by Gasteiger charge is 2.14. The minimum atomic E-state index is 0.975. The Bertz CT molecular complexity index is 805. The van der Waals surface area contributed by atoms with Gasteiger partial charge in [-0.3, -0.25) is 0 Å². The molecule has 1 aromatic carbocycles. The number of aromatic nitrogens is 1. The van der Waals surface area contributed by atoms with Crippen LogP contribution in [0.25, 0.3) is 22.9 Å². The minimum absolute atomic E-state index is 0.975. The van der Waals surface area contributed by atoms with Gasteiger partial charge in [0.1, 0.15) is 0 Å². The largest absolute Gasteiger partial charge is 0.248 e. The second-order valence-electron chi connectivity index (χ2n) is 5.32. The van der Waals surface area contributed by atoms with Crippen molar-refractivity contribution in [3.63, 3.8) is 0 Å². The van der Waals surface area contributed by atoms with Crippen LogP contribution >= 0.6 is 0 Å². The van der Waals surface area contributed by atoms with Crippen molar-refractivity contribution in [3.05, 3.63) is 89.7 Å². The molecule has 0 amide bonds. The summed E-state index contributed by atoms with van der Waals surface area (Å²) in [4.78, 5) is 4.86. The maximum Gasteiger partial charge on any atom is 0.0712 e. The summed E-state index contributed by atoms with van der Waals surface area (Å²) < 4.78 is 0. The van der Waals surface area contributed by atoms with Gasteiger partial charge in [-0.15, -0.1) is 0 Å². The Labute approximate surface area is 124 Å². The summed E-state index contributed by atoms with van der Waals surface area (Å²) in [6.45, 7) is 0. The van der Waals surface area contributed by atoms with Gasteiger partial charge < -0.3 is 0 Å². The maximum absolute atomic E-state index is 4.86. The number of benzene rings is 1. The van der Waals surface area contributed by atoms with Gasteiger partial charge in [-0.2, -0.15) is 0 Å². The molecular weight excluding hydrogens is 254 g/mol. The Morgan fingerprint density at radius 2 is 1.67 bits per heavy atom. The zero-order valence-corrected chi connectivity index (χ0v) is 11.7. The predicted octanol–water partition coefficient (Wildman–Crippen LogP) is 5.05. The molecule has 0 aliphatic heterocycles. The van der Waals surface area contributed by atoms with Crippen molar-refractivity contribution in [2.24, 2.45) is 0 Å². The highest BCUT2D eigenvalue weighted by atomic mass is 14.7. The fourth-order valence-electron chi connectivity index (χ4n) is 2.82. The summed E-state index contributed by atoms with van der Waals surface area (Å²) in [6.07, 6.45) is 13.9. The van der Waals surface area contributed by atoms with Crippen LogP contribution in [0.2, 0.25) is 0 Å². The predicted molar refractivity (Wildman–Crippen MR) is 88.5 cm³/mol. The maximum atomic E-state index is 4.86. The third-order valence-electron chi connectivity index (χ3n) is 3.91. The van der Waals surface area contributed by atoms with Crippen LogP contribution in [0.15, 0.2) is 78.4 Å². The number of fused-ring (bicyclic) bond motifs is 4. The van der Waals surface area contributed by atoms with Crippen LogP contribution in [0, 0.1) is 0 Å². The van der Waals surface area contributed by atoms with Crippen LogP contribution in [-0.4, -0.2) is 4.98 Å². The second kappa shape index (κ2) is 5.02. The molecule has 0 atom stereocenters. The summed E-state index contributed by atoms with van der Waals surface area (Å²) in [5.74, 6) is 0. The molecular formula is C20H15N. The molecule has 0 saturated heterocycles. The lowest BCUT2D eigenvalue weighted by Gasteiger charge is -2.09. The average molecular weight is 269 g/mol. The van der Waals surface area contributed by atoms with Crippen molar-refractivity contribution in [3.8, 4) is 11.3 Å². The smallest absolute Gasteiger partial charge is 0.0712 e. The van der Waals surface area contributed by atoms with E-state index >= 15 is 0 Å². The van der Waals surface area contributed by atoms with Gasteiger partial charge in [0, 0.05) is 11.1 Å². The first-order valence-corrected chi connectivity index (χ1v) is 7.21.